The number of halogens is 2. The minimum atomic E-state index is 0.544. The Balaban J connectivity index is 2.05. The van der Waals surface area contributed by atoms with Gasteiger partial charge in [-0.3, -0.25) is 4.98 Å². The maximum atomic E-state index is 5.67. The minimum absolute atomic E-state index is 0.544. The normalized spacial score (nSPS) is 10.1. The van der Waals surface area contributed by atoms with Crippen LogP contribution in [0.2, 0.25) is 0 Å². The van der Waals surface area contributed by atoms with Crippen LogP contribution < -0.4 is 4.74 Å². The highest BCUT2D eigenvalue weighted by Crippen LogP contribution is 2.23. The summed E-state index contributed by atoms with van der Waals surface area (Å²) in [5, 5.41) is 0. The van der Waals surface area contributed by atoms with Crippen molar-refractivity contribution in [2.45, 2.75) is 6.61 Å². The van der Waals surface area contributed by atoms with Gasteiger partial charge in [0, 0.05) is 16.9 Å². The predicted octanol–water partition coefficient (Wildman–Crippen LogP) is 4.19. The Bertz CT molecular complexity index is 488. The Kier molecular flexibility index (Phi) is 3.96. The fourth-order valence-electron chi connectivity index (χ4n) is 1.27. The number of rotatable bonds is 3. The fourth-order valence-corrected chi connectivity index (χ4v) is 2.08. The molecule has 0 N–H and O–H groups in total. The molecule has 1 heterocycles. The molecule has 0 aliphatic carbocycles. The Morgan fingerprint density at radius 3 is 2.81 bits per heavy atom. The molecule has 0 atom stereocenters. The molecule has 0 saturated carbocycles. The lowest BCUT2D eigenvalue weighted by molar-refractivity contribution is 0.304. The Hall–Kier alpha value is -0.870. The molecule has 1 aromatic heterocycles. The van der Waals surface area contributed by atoms with Crippen LogP contribution in [-0.2, 0) is 6.61 Å². The van der Waals surface area contributed by atoms with Crippen molar-refractivity contribution in [3.05, 3.63) is 57.2 Å². The molecule has 0 saturated heterocycles. The van der Waals surface area contributed by atoms with Crippen molar-refractivity contribution in [2.75, 3.05) is 0 Å². The summed E-state index contributed by atoms with van der Waals surface area (Å²) in [6.07, 6.45) is 3.43. The number of benzene rings is 1. The maximum Gasteiger partial charge on any atom is 0.137 e. The largest absolute Gasteiger partial charge is 0.488 e. The molecule has 4 heteroatoms. The van der Waals surface area contributed by atoms with Gasteiger partial charge in [-0.1, -0.05) is 28.1 Å². The number of aromatic nitrogens is 1. The summed E-state index contributed by atoms with van der Waals surface area (Å²) in [5.41, 5.74) is 1.12. The van der Waals surface area contributed by atoms with Crippen LogP contribution in [0.3, 0.4) is 0 Å². The third-order valence-electron chi connectivity index (χ3n) is 2.02. The Morgan fingerprint density at radius 2 is 2.06 bits per heavy atom. The molecule has 0 aliphatic rings. The van der Waals surface area contributed by atoms with Crippen molar-refractivity contribution in [1.82, 2.24) is 4.98 Å². The summed E-state index contributed by atoms with van der Waals surface area (Å²) in [4.78, 5) is 3.98. The minimum Gasteiger partial charge on any atom is -0.488 e. The Labute approximate surface area is 111 Å². The highest BCUT2D eigenvalue weighted by Gasteiger charge is 2.00. The van der Waals surface area contributed by atoms with Crippen molar-refractivity contribution in [3.8, 4) is 5.75 Å². The Morgan fingerprint density at radius 1 is 1.19 bits per heavy atom. The first-order valence-electron chi connectivity index (χ1n) is 4.72. The lowest BCUT2D eigenvalue weighted by atomic mass is 10.2. The zero-order valence-corrected chi connectivity index (χ0v) is 11.5. The van der Waals surface area contributed by atoms with E-state index in [4.69, 9.17) is 4.74 Å². The molecule has 2 aromatic rings. The van der Waals surface area contributed by atoms with E-state index in [1.807, 2.05) is 30.3 Å². The number of pyridine rings is 1. The van der Waals surface area contributed by atoms with Gasteiger partial charge < -0.3 is 4.74 Å². The van der Waals surface area contributed by atoms with E-state index < -0.39 is 0 Å². The number of ether oxygens (including phenoxy) is 1. The van der Waals surface area contributed by atoms with Crippen molar-refractivity contribution in [1.29, 1.82) is 0 Å². The van der Waals surface area contributed by atoms with E-state index >= 15 is 0 Å². The SMILES string of the molecule is Brc1cccc(COc2ccncc2Br)c1. The molecule has 0 fully saturated rings. The van der Waals surface area contributed by atoms with Crippen LogP contribution in [0.5, 0.6) is 5.75 Å². The van der Waals surface area contributed by atoms with Gasteiger partial charge in [0.15, 0.2) is 0 Å². The third kappa shape index (κ3) is 3.06. The summed E-state index contributed by atoms with van der Waals surface area (Å²) in [5.74, 6) is 0.801. The van der Waals surface area contributed by atoms with Crippen molar-refractivity contribution in [3.63, 3.8) is 0 Å². The van der Waals surface area contributed by atoms with Crippen LogP contribution in [0, 0.1) is 0 Å². The first kappa shape index (κ1) is 11.6. The molecule has 0 unspecified atom stereocenters. The standard InChI is InChI=1S/C12H9Br2NO/c13-10-3-1-2-9(6-10)8-16-12-4-5-15-7-11(12)14/h1-7H,8H2. The summed E-state index contributed by atoms with van der Waals surface area (Å²) >= 11 is 6.82. The van der Waals surface area contributed by atoms with Crippen molar-refractivity contribution in [2.24, 2.45) is 0 Å². The molecule has 0 spiro atoms. The first-order chi connectivity index (χ1) is 7.75. The number of hydrogen-bond acceptors (Lipinski definition) is 2. The van der Waals surface area contributed by atoms with Crippen LogP contribution in [0.4, 0.5) is 0 Å². The average Bonchev–Trinajstić information content (AvgIpc) is 2.28. The van der Waals surface area contributed by atoms with E-state index in [9.17, 15) is 0 Å². The molecule has 2 rings (SSSR count). The van der Waals surface area contributed by atoms with Gasteiger partial charge in [-0.15, -0.1) is 0 Å². The highest BCUT2D eigenvalue weighted by molar-refractivity contribution is 9.10. The summed E-state index contributed by atoms with van der Waals surface area (Å²) < 4.78 is 7.59. The van der Waals surface area contributed by atoms with Crippen molar-refractivity contribution >= 4 is 31.9 Å². The zero-order valence-electron chi connectivity index (χ0n) is 8.36. The fraction of sp³-hybridized carbons (Fsp3) is 0.0833. The molecular formula is C12H9Br2NO. The number of nitrogens with zero attached hydrogens (tertiary/aromatic N) is 1. The van der Waals surface area contributed by atoms with E-state index in [0.29, 0.717) is 6.61 Å². The van der Waals surface area contributed by atoms with Crippen LogP contribution in [0.25, 0.3) is 0 Å². The first-order valence-corrected chi connectivity index (χ1v) is 6.31. The van der Waals surface area contributed by atoms with Gasteiger partial charge in [-0.25, -0.2) is 0 Å². The smallest absolute Gasteiger partial charge is 0.137 e. The van der Waals surface area contributed by atoms with Crippen molar-refractivity contribution < 1.29 is 4.74 Å². The van der Waals surface area contributed by atoms with Crippen LogP contribution >= 0.6 is 31.9 Å². The van der Waals surface area contributed by atoms with Gasteiger partial charge in [0.1, 0.15) is 12.4 Å². The van der Waals surface area contributed by atoms with Crippen LogP contribution in [-0.4, -0.2) is 4.98 Å². The lowest BCUT2D eigenvalue weighted by Crippen LogP contribution is -1.96. The van der Waals surface area contributed by atoms with Gasteiger partial charge in [0.25, 0.3) is 0 Å². The summed E-state index contributed by atoms with van der Waals surface area (Å²) in [6, 6.07) is 9.88. The molecule has 82 valence electrons. The quantitative estimate of drug-likeness (QED) is 0.834. The summed E-state index contributed by atoms with van der Waals surface area (Å²) in [6.45, 7) is 0.544. The second-order valence-corrected chi connectivity index (χ2v) is 4.99. The highest BCUT2D eigenvalue weighted by atomic mass is 79.9. The second kappa shape index (κ2) is 5.46. The van der Waals surface area contributed by atoms with E-state index in [0.717, 1.165) is 20.3 Å². The molecule has 0 bridgehead atoms. The monoisotopic (exact) mass is 341 g/mol. The van der Waals surface area contributed by atoms with Gasteiger partial charge in [0.2, 0.25) is 0 Å². The molecule has 16 heavy (non-hydrogen) atoms. The topological polar surface area (TPSA) is 22.1 Å². The molecule has 0 aliphatic heterocycles. The van der Waals surface area contributed by atoms with E-state index in [-0.39, 0.29) is 0 Å². The lowest BCUT2D eigenvalue weighted by Gasteiger charge is -2.07. The second-order valence-electron chi connectivity index (χ2n) is 3.22. The average molecular weight is 343 g/mol. The van der Waals surface area contributed by atoms with Crippen LogP contribution in [0.15, 0.2) is 51.7 Å². The van der Waals surface area contributed by atoms with E-state index in [2.05, 4.69) is 36.8 Å². The molecule has 0 radical (unpaired) electrons. The van der Waals surface area contributed by atoms with Gasteiger partial charge >= 0.3 is 0 Å². The van der Waals surface area contributed by atoms with E-state index in [1.165, 1.54) is 0 Å². The van der Waals surface area contributed by atoms with Gasteiger partial charge in [-0.2, -0.15) is 0 Å². The molecule has 1 aromatic carbocycles. The maximum absolute atomic E-state index is 5.67. The zero-order chi connectivity index (χ0) is 11.4. The van der Waals surface area contributed by atoms with Crippen LogP contribution in [0.1, 0.15) is 5.56 Å². The van der Waals surface area contributed by atoms with Gasteiger partial charge in [0.05, 0.1) is 4.47 Å². The van der Waals surface area contributed by atoms with Gasteiger partial charge in [-0.05, 0) is 39.7 Å². The third-order valence-corrected chi connectivity index (χ3v) is 3.11. The van der Waals surface area contributed by atoms with E-state index in [1.54, 1.807) is 12.4 Å². The molecule has 2 nitrogen and oxygen atoms in total. The summed E-state index contributed by atoms with van der Waals surface area (Å²) in [7, 11) is 0. The number of hydrogen-bond donors (Lipinski definition) is 0. The molecule has 0 amide bonds. The predicted molar refractivity (Wildman–Crippen MR) is 70.4 cm³/mol. The molecular weight excluding hydrogens is 334 g/mol.